The van der Waals surface area contributed by atoms with Crippen LogP contribution in [0.15, 0.2) is 0 Å². The zero-order valence-corrected chi connectivity index (χ0v) is 6.75. The van der Waals surface area contributed by atoms with Crippen LogP contribution in [0.4, 0.5) is 0 Å². The van der Waals surface area contributed by atoms with Crippen molar-refractivity contribution in [3.63, 3.8) is 0 Å². The second-order valence-corrected chi connectivity index (χ2v) is 4.65. The van der Waals surface area contributed by atoms with Crippen LogP contribution in [-0.4, -0.2) is 22.4 Å². The van der Waals surface area contributed by atoms with Gasteiger partial charge in [-0.2, -0.15) is 0 Å². The predicted molar refractivity (Wildman–Crippen MR) is 39.9 cm³/mol. The van der Waals surface area contributed by atoms with Gasteiger partial charge in [-0.3, -0.25) is 0 Å². The van der Waals surface area contributed by atoms with E-state index in [4.69, 9.17) is 0 Å². The largest absolute Gasteiger partial charge is 0.393 e. The fraction of sp³-hybridized carbons (Fsp3) is 1.00. The molecule has 0 aromatic carbocycles. The van der Waals surface area contributed by atoms with E-state index in [-0.39, 0.29) is 17.6 Å². The summed E-state index contributed by atoms with van der Waals surface area (Å²) in [6, 6.07) is 0. The summed E-state index contributed by atoms with van der Waals surface area (Å²) in [4.78, 5) is 0. The van der Waals surface area contributed by atoms with Crippen molar-refractivity contribution in [2.24, 2.45) is 16.7 Å². The average molecular weight is 154 g/mol. The zero-order valence-electron chi connectivity index (χ0n) is 6.75. The van der Waals surface area contributed by atoms with Crippen molar-refractivity contribution in [3.8, 4) is 0 Å². The van der Waals surface area contributed by atoms with Gasteiger partial charge in [0, 0.05) is 5.41 Å². The Kier molecular flexibility index (Phi) is 0.807. The summed E-state index contributed by atoms with van der Waals surface area (Å²) in [5.74, 6) is 0.443. The molecule has 0 saturated heterocycles. The molecule has 0 aliphatic heterocycles. The van der Waals surface area contributed by atoms with Gasteiger partial charge in [-0.05, 0) is 37.5 Å². The van der Waals surface area contributed by atoms with E-state index < -0.39 is 0 Å². The first-order chi connectivity index (χ1) is 5.15. The SMILES string of the molecule is CC(O)C1C23CCC(O)C12C3. The van der Waals surface area contributed by atoms with Crippen molar-refractivity contribution in [2.45, 2.75) is 38.4 Å². The molecule has 5 unspecified atom stereocenters. The normalized spacial score (nSPS) is 66.8. The third kappa shape index (κ3) is 0.411. The first kappa shape index (κ1) is 6.44. The van der Waals surface area contributed by atoms with E-state index in [0.717, 1.165) is 12.8 Å². The number of aliphatic hydroxyl groups is 2. The van der Waals surface area contributed by atoms with E-state index in [1.54, 1.807) is 0 Å². The maximum absolute atomic E-state index is 9.64. The molecule has 3 fully saturated rings. The molecule has 0 bridgehead atoms. The average Bonchev–Trinajstić information content (AvgIpc) is 2.61. The minimum Gasteiger partial charge on any atom is -0.393 e. The highest BCUT2D eigenvalue weighted by Gasteiger charge is 2.95. The van der Waals surface area contributed by atoms with Gasteiger partial charge in [0.05, 0.1) is 12.2 Å². The minimum atomic E-state index is -0.196. The summed E-state index contributed by atoms with van der Waals surface area (Å²) in [6.45, 7) is 1.86. The number of hydrogen-bond acceptors (Lipinski definition) is 2. The Morgan fingerprint density at radius 3 is 2.55 bits per heavy atom. The lowest BCUT2D eigenvalue weighted by Crippen LogP contribution is -2.27. The van der Waals surface area contributed by atoms with Gasteiger partial charge >= 0.3 is 0 Å². The quantitative estimate of drug-likeness (QED) is 0.578. The molecule has 11 heavy (non-hydrogen) atoms. The topological polar surface area (TPSA) is 40.5 Å². The van der Waals surface area contributed by atoms with Crippen LogP contribution in [0.25, 0.3) is 0 Å². The van der Waals surface area contributed by atoms with Crippen molar-refractivity contribution in [1.82, 2.24) is 0 Å². The number of rotatable bonds is 1. The molecule has 3 aliphatic rings. The Morgan fingerprint density at radius 1 is 1.55 bits per heavy atom. The van der Waals surface area contributed by atoms with Gasteiger partial charge in [-0.25, -0.2) is 0 Å². The molecule has 3 aliphatic carbocycles. The second-order valence-electron chi connectivity index (χ2n) is 4.65. The highest BCUT2D eigenvalue weighted by atomic mass is 16.3. The highest BCUT2D eigenvalue weighted by molar-refractivity contribution is 5.42. The predicted octanol–water partition coefficient (Wildman–Crippen LogP) is 0.528. The third-order valence-corrected chi connectivity index (χ3v) is 4.42. The Hall–Kier alpha value is -0.0800. The molecule has 2 N–H and O–H groups in total. The van der Waals surface area contributed by atoms with E-state index in [1.807, 2.05) is 6.92 Å². The van der Waals surface area contributed by atoms with Crippen LogP contribution in [0.5, 0.6) is 0 Å². The molecule has 3 rings (SSSR count). The van der Waals surface area contributed by atoms with Crippen molar-refractivity contribution >= 4 is 0 Å². The van der Waals surface area contributed by atoms with Crippen LogP contribution < -0.4 is 0 Å². The van der Waals surface area contributed by atoms with Gasteiger partial charge in [-0.15, -0.1) is 0 Å². The monoisotopic (exact) mass is 154 g/mol. The third-order valence-electron chi connectivity index (χ3n) is 4.42. The smallest absolute Gasteiger partial charge is 0.0606 e. The van der Waals surface area contributed by atoms with E-state index >= 15 is 0 Å². The Bertz CT molecular complexity index is 226. The fourth-order valence-electron chi connectivity index (χ4n) is 3.97. The molecule has 0 radical (unpaired) electrons. The van der Waals surface area contributed by atoms with Crippen molar-refractivity contribution in [2.75, 3.05) is 0 Å². The van der Waals surface area contributed by atoms with Crippen molar-refractivity contribution in [1.29, 1.82) is 0 Å². The molecule has 0 spiro atoms. The molecule has 0 aromatic heterocycles. The lowest BCUT2D eigenvalue weighted by molar-refractivity contribution is 0.0458. The fourth-order valence-corrected chi connectivity index (χ4v) is 3.97. The first-order valence-electron chi connectivity index (χ1n) is 4.51. The van der Waals surface area contributed by atoms with Gasteiger partial charge in [-0.1, -0.05) is 0 Å². The van der Waals surface area contributed by atoms with Crippen molar-refractivity contribution < 1.29 is 10.2 Å². The lowest BCUT2D eigenvalue weighted by atomic mass is 9.86. The van der Waals surface area contributed by atoms with Crippen LogP contribution in [0.1, 0.15) is 26.2 Å². The minimum absolute atomic E-state index is 0.0953. The molecule has 3 saturated carbocycles. The molecular formula is C9H14O2. The molecule has 2 nitrogen and oxygen atoms in total. The Balaban J connectivity index is 1.90. The maximum atomic E-state index is 9.64. The second kappa shape index (κ2) is 1.38. The van der Waals surface area contributed by atoms with E-state index in [1.165, 1.54) is 6.42 Å². The van der Waals surface area contributed by atoms with E-state index in [2.05, 4.69) is 0 Å². The van der Waals surface area contributed by atoms with E-state index in [9.17, 15) is 10.2 Å². The van der Waals surface area contributed by atoms with Gasteiger partial charge < -0.3 is 10.2 Å². The van der Waals surface area contributed by atoms with Crippen LogP contribution in [0.2, 0.25) is 0 Å². The summed E-state index contributed by atoms with van der Waals surface area (Å²) in [5.41, 5.74) is 0.627. The highest BCUT2D eigenvalue weighted by Crippen LogP contribution is 2.96. The molecular weight excluding hydrogens is 140 g/mol. The zero-order chi connectivity index (χ0) is 7.85. The first-order valence-corrected chi connectivity index (χ1v) is 4.51. The molecule has 0 aromatic rings. The van der Waals surface area contributed by atoms with Crippen LogP contribution in [0, 0.1) is 16.7 Å². The summed E-state index contributed by atoms with van der Waals surface area (Å²) >= 11 is 0. The van der Waals surface area contributed by atoms with Gasteiger partial charge in [0.2, 0.25) is 0 Å². The van der Waals surface area contributed by atoms with Crippen LogP contribution in [0.3, 0.4) is 0 Å². The van der Waals surface area contributed by atoms with Gasteiger partial charge in [0.1, 0.15) is 0 Å². The summed E-state index contributed by atoms with van der Waals surface area (Å²) in [6.07, 6.45) is 3.03. The summed E-state index contributed by atoms with van der Waals surface area (Å²) < 4.78 is 0. The van der Waals surface area contributed by atoms with Crippen molar-refractivity contribution in [3.05, 3.63) is 0 Å². The number of aliphatic hydroxyl groups excluding tert-OH is 2. The van der Waals surface area contributed by atoms with Crippen LogP contribution in [-0.2, 0) is 0 Å². The maximum Gasteiger partial charge on any atom is 0.0606 e. The summed E-state index contributed by atoms with van der Waals surface area (Å²) in [7, 11) is 0. The van der Waals surface area contributed by atoms with Gasteiger partial charge in [0.15, 0.2) is 0 Å². The molecule has 0 heterocycles. The summed E-state index contributed by atoms with van der Waals surface area (Å²) in [5, 5.41) is 19.0. The number of hydrogen-bond donors (Lipinski definition) is 2. The standard InChI is InChI=1S/C9H14O2/c1-5(10)7-8-3-2-6(11)9(7,8)4-8/h5-7,10-11H,2-4H2,1H3. The Morgan fingerprint density at radius 2 is 2.27 bits per heavy atom. The molecule has 62 valence electrons. The lowest BCUT2D eigenvalue weighted by Gasteiger charge is -2.24. The molecule has 5 atom stereocenters. The Labute approximate surface area is 66.2 Å². The molecule has 0 amide bonds. The van der Waals surface area contributed by atoms with E-state index in [0.29, 0.717) is 11.3 Å². The van der Waals surface area contributed by atoms with Gasteiger partial charge in [0.25, 0.3) is 0 Å². The molecule has 2 heteroatoms. The van der Waals surface area contributed by atoms with Crippen LogP contribution >= 0.6 is 0 Å².